The van der Waals surface area contributed by atoms with Gasteiger partial charge in [-0.15, -0.1) is 0 Å². The molecule has 0 bridgehead atoms. The number of rotatable bonds is 6. The molecule has 0 amide bonds. The summed E-state index contributed by atoms with van der Waals surface area (Å²) in [6.45, 7) is 11.2. The maximum atomic E-state index is 5.29. The van der Waals surface area contributed by atoms with Crippen molar-refractivity contribution in [2.45, 2.75) is 39.2 Å². The van der Waals surface area contributed by atoms with Crippen LogP contribution in [0.15, 0.2) is 4.99 Å². The Kier molecular flexibility index (Phi) is 6.96. The van der Waals surface area contributed by atoms with Gasteiger partial charge in [-0.1, -0.05) is 13.8 Å². The van der Waals surface area contributed by atoms with Gasteiger partial charge in [0.2, 0.25) is 0 Å². The van der Waals surface area contributed by atoms with E-state index in [1.54, 1.807) is 7.11 Å². The van der Waals surface area contributed by atoms with Gasteiger partial charge in [-0.3, -0.25) is 9.89 Å². The van der Waals surface area contributed by atoms with E-state index in [4.69, 9.17) is 4.74 Å². The predicted octanol–water partition coefficient (Wildman–Crippen LogP) is 1.65. The molecule has 2 heterocycles. The summed E-state index contributed by atoms with van der Waals surface area (Å²) in [5, 5.41) is 3.63. The highest BCUT2D eigenvalue weighted by Gasteiger charge is 2.27. The second-order valence-electron chi connectivity index (χ2n) is 7.04. The van der Waals surface area contributed by atoms with Crippen molar-refractivity contribution in [3.63, 3.8) is 0 Å². The van der Waals surface area contributed by atoms with Crippen LogP contribution in [0.4, 0.5) is 0 Å². The number of hydrogen-bond acceptors (Lipinski definition) is 3. The molecule has 128 valence electrons. The lowest BCUT2D eigenvalue weighted by Gasteiger charge is -2.32. The average molecular weight is 310 g/mol. The van der Waals surface area contributed by atoms with E-state index in [-0.39, 0.29) is 0 Å². The summed E-state index contributed by atoms with van der Waals surface area (Å²) in [7, 11) is 3.69. The van der Waals surface area contributed by atoms with E-state index in [1.165, 1.54) is 32.4 Å². The van der Waals surface area contributed by atoms with Gasteiger partial charge < -0.3 is 15.0 Å². The first-order valence-corrected chi connectivity index (χ1v) is 8.84. The van der Waals surface area contributed by atoms with Crippen LogP contribution in [0.5, 0.6) is 0 Å². The van der Waals surface area contributed by atoms with Crippen molar-refractivity contribution < 1.29 is 4.74 Å². The van der Waals surface area contributed by atoms with Crippen LogP contribution in [0.1, 0.15) is 33.1 Å². The zero-order valence-corrected chi connectivity index (χ0v) is 14.8. The molecular weight excluding hydrogens is 276 g/mol. The summed E-state index contributed by atoms with van der Waals surface area (Å²) in [4.78, 5) is 9.52. The maximum Gasteiger partial charge on any atom is 0.193 e. The Labute approximate surface area is 136 Å². The lowest BCUT2D eigenvalue weighted by atomic mass is 10.0. The number of guanidine groups is 1. The molecule has 0 aromatic rings. The van der Waals surface area contributed by atoms with Crippen molar-refractivity contribution >= 4 is 5.96 Å². The van der Waals surface area contributed by atoms with Crippen LogP contribution in [0.2, 0.25) is 0 Å². The van der Waals surface area contributed by atoms with Crippen molar-refractivity contribution in [2.75, 3.05) is 53.5 Å². The molecule has 5 nitrogen and oxygen atoms in total. The van der Waals surface area contributed by atoms with Gasteiger partial charge >= 0.3 is 0 Å². The molecule has 2 aliphatic heterocycles. The number of methoxy groups -OCH3 is 1. The number of likely N-dealkylation sites (tertiary alicyclic amines) is 2. The van der Waals surface area contributed by atoms with Gasteiger partial charge in [-0.2, -0.15) is 0 Å². The molecule has 5 heteroatoms. The molecule has 2 unspecified atom stereocenters. The van der Waals surface area contributed by atoms with Crippen LogP contribution in [0.3, 0.4) is 0 Å². The fourth-order valence-electron chi connectivity index (χ4n) is 3.78. The van der Waals surface area contributed by atoms with Crippen molar-refractivity contribution in [3.8, 4) is 0 Å². The molecule has 2 aliphatic rings. The van der Waals surface area contributed by atoms with Crippen molar-refractivity contribution in [3.05, 3.63) is 0 Å². The highest BCUT2D eigenvalue weighted by Crippen LogP contribution is 2.18. The highest BCUT2D eigenvalue weighted by atomic mass is 16.5. The van der Waals surface area contributed by atoms with E-state index in [1.807, 2.05) is 7.05 Å². The summed E-state index contributed by atoms with van der Waals surface area (Å²) in [5.74, 6) is 2.37. The van der Waals surface area contributed by atoms with Crippen molar-refractivity contribution in [1.29, 1.82) is 0 Å². The standard InChI is InChI=1S/C17H34N4O/c1-14(2)16(20-8-5-6-9-20)11-19-17(18-3)21-10-7-15(12-21)13-22-4/h14-16H,5-13H2,1-4H3,(H,18,19). The van der Waals surface area contributed by atoms with Crippen LogP contribution in [0.25, 0.3) is 0 Å². The third-order valence-electron chi connectivity index (χ3n) is 5.05. The minimum absolute atomic E-state index is 0.608. The van der Waals surface area contributed by atoms with E-state index >= 15 is 0 Å². The summed E-state index contributed by atoms with van der Waals surface area (Å²) in [6, 6.07) is 0.608. The highest BCUT2D eigenvalue weighted by molar-refractivity contribution is 5.80. The smallest absolute Gasteiger partial charge is 0.193 e. The summed E-state index contributed by atoms with van der Waals surface area (Å²) in [5.41, 5.74) is 0. The number of ether oxygens (including phenoxy) is 1. The van der Waals surface area contributed by atoms with Gasteiger partial charge in [0, 0.05) is 45.8 Å². The first-order valence-electron chi connectivity index (χ1n) is 8.84. The van der Waals surface area contributed by atoms with E-state index < -0.39 is 0 Å². The average Bonchev–Trinajstić information content (AvgIpc) is 3.15. The van der Waals surface area contributed by atoms with Gasteiger partial charge in [0.05, 0.1) is 6.61 Å². The minimum atomic E-state index is 0.608. The fourth-order valence-corrected chi connectivity index (χ4v) is 3.78. The third-order valence-corrected chi connectivity index (χ3v) is 5.05. The van der Waals surface area contributed by atoms with Crippen LogP contribution in [-0.2, 0) is 4.74 Å². The topological polar surface area (TPSA) is 40.1 Å². The monoisotopic (exact) mass is 310 g/mol. The molecule has 22 heavy (non-hydrogen) atoms. The third kappa shape index (κ3) is 4.59. The molecule has 0 aromatic carbocycles. The zero-order valence-electron chi connectivity index (χ0n) is 14.8. The minimum Gasteiger partial charge on any atom is -0.384 e. The molecule has 0 spiro atoms. The summed E-state index contributed by atoms with van der Waals surface area (Å²) < 4.78 is 5.29. The molecule has 0 aromatic heterocycles. The summed E-state index contributed by atoms with van der Waals surface area (Å²) >= 11 is 0. The lowest BCUT2D eigenvalue weighted by molar-refractivity contribution is 0.157. The normalized spacial score (nSPS) is 25.2. The van der Waals surface area contributed by atoms with Crippen molar-refractivity contribution in [1.82, 2.24) is 15.1 Å². The van der Waals surface area contributed by atoms with E-state index in [0.717, 1.165) is 32.2 Å². The van der Waals surface area contributed by atoms with Crippen LogP contribution in [-0.4, -0.2) is 75.3 Å². The zero-order chi connectivity index (χ0) is 15.9. The number of nitrogens with zero attached hydrogens (tertiary/aromatic N) is 3. The second kappa shape index (κ2) is 8.73. The Morgan fingerprint density at radius 2 is 2.00 bits per heavy atom. The van der Waals surface area contributed by atoms with Gasteiger partial charge in [0.1, 0.15) is 0 Å². The van der Waals surface area contributed by atoms with Crippen LogP contribution in [0, 0.1) is 11.8 Å². The second-order valence-corrected chi connectivity index (χ2v) is 7.04. The van der Waals surface area contributed by atoms with Gasteiger partial charge in [0.15, 0.2) is 5.96 Å². The van der Waals surface area contributed by atoms with Gasteiger partial charge in [-0.05, 0) is 38.3 Å². The largest absolute Gasteiger partial charge is 0.384 e. The van der Waals surface area contributed by atoms with E-state index in [2.05, 4.69) is 34.0 Å². The Bertz CT molecular complexity index is 353. The van der Waals surface area contributed by atoms with Crippen LogP contribution >= 0.6 is 0 Å². The molecule has 2 saturated heterocycles. The van der Waals surface area contributed by atoms with Gasteiger partial charge in [-0.25, -0.2) is 0 Å². The number of aliphatic imine (C=N–C) groups is 1. The molecule has 2 atom stereocenters. The Morgan fingerprint density at radius 3 is 2.59 bits per heavy atom. The predicted molar refractivity (Wildman–Crippen MR) is 92.4 cm³/mol. The maximum absolute atomic E-state index is 5.29. The number of hydrogen-bond donors (Lipinski definition) is 1. The molecule has 0 aliphatic carbocycles. The molecular formula is C17H34N4O. The molecule has 0 saturated carbocycles. The van der Waals surface area contributed by atoms with E-state index in [0.29, 0.717) is 17.9 Å². The SMILES string of the molecule is CN=C(NCC(C(C)C)N1CCCC1)N1CCC(COC)C1. The Morgan fingerprint density at radius 1 is 1.27 bits per heavy atom. The molecule has 1 N–H and O–H groups in total. The molecule has 2 fully saturated rings. The quantitative estimate of drug-likeness (QED) is 0.598. The fraction of sp³-hybridized carbons (Fsp3) is 0.941. The Balaban J connectivity index is 1.84. The number of nitrogens with one attached hydrogen (secondary N) is 1. The van der Waals surface area contributed by atoms with E-state index in [9.17, 15) is 0 Å². The van der Waals surface area contributed by atoms with Crippen molar-refractivity contribution in [2.24, 2.45) is 16.8 Å². The summed E-state index contributed by atoms with van der Waals surface area (Å²) in [6.07, 6.45) is 3.90. The first-order chi connectivity index (χ1) is 10.7. The lowest BCUT2D eigenvalue weighted by Crippen LogP contribution is -2.49. The molecule has 2 rings (SSSR count). The first kappa shape index (κ1) is 17.5. The van der Waals surface area contributed by atoms with Crippen LogP contribution < -0.4 is 5.32 Å². The van der Waals surface area contributed by atoms with Gasteiger partial charge in [0.25, 0.3) is 0 Å². The molecule has 0 radical (unpaired) electrons. The Hall–Kier alpha value is -0.810.